The molecule has 1 heterocycles. The summed E-state index contributed by atoms with van der Waals surface area (Å²) in [6, 6.07) is 5.49. The van der Waals surface area contributed by atoms with Gasteiger partial charge in [0.25, 0.3) is 0 Å². The van der Waals surface area contributed by atoms with E-state index in [9.17, 15) is 0 Å². The van der Waals surface area contributed by atoms with Crippen molar-refractivity contribution in [3.05, 3.63) is 33.8 Å². The molecule has 0 spiro atoms. The van der Waals surface area contributed by atoms with Gasteiger partial charge in [0.1, 0.15) is 11.5 Å². The van der Waals surface area contributed by atoms with Gasteiger partial charge in [-0.2, -0.15) is 0 Å². The molecule has 1 aliphatic rings. The Kier molecular flexibility index (Phi) is 5.75. The average molecular weight is 360 g/mol. The molecule has 3 rings (SSSR count). The predicted octanol–water partition coefficient (Wildman–Crippen LogP) is 3.01. The third-order valence-corrected chi connectivity index (χ3v) is 5.38. The third-order valence-electron chi connectivity index (χ3n) is 4.17. The van der Waals surface area contributed by atoms with Gasteiger partial charge in [-0.3, -0.25) is 4.99 Å². The van der Waals surface area contributed by atoms with Crippen molar-refractivity contribution in [1.82, 2.24) is 4.98 Å². The summed E-state index contributed by atoms with van der Waals surface area (Å²) in [5, 5.41) is 4.23. The van der Waals surface area contributed by atoms with Gasteiger partial charge >= 0.3 is 0 Å². The monoisotopic (exact) mass is 360 g/mol. The van der Waals surface area contributed by atoms with E-state index in [2.05, 4.69) is 10.3 Å². The zero-order valence-corrected chi connectivity index (χ0v) is 15.5. The highest BCUT2D eigenvalue weighted by Gasteiger charge is 2.14. The Hall–Kier alpha value is -2.28. The Bertz CT molecular complexity index is 734. The van der Waals surface area contributed by atoms with Crippen molar-refractivity contribution >= 4 is 23.0 Å². The summed E-state index contributed by atoms with van der Waals surface area (Å²) in [5.74, 6) is 1.77. The van der Waals surface area contributed by atoms with E-state index in [0.29, 0.717) is 18.3 Å². The molecule has 0 bridgehead atoms. The number of aliphatic imine (C=N–C) groups is 1. The van der Waals surface area contributed by atoms with Gasteiger partial charge in [-0.05, 0) is 37.8 Å². The highest BCUT2D eigenvalue weighted by molar-refractivity contribution is 7.11. The number of guanidine groups is 1. The molecule has 0 aliphatic heterocycles. The number of methoxy groups -OCH3 is 2. The fraction of sp³-hybridized carbons (Fsp3) is 0.444. The number of aryl methyl sites for hydroxylation is 2. The molecule has 0 saturated heterocycles. The number of fused-ring (bicyclic) bond motifs is 1. The molecule has 1 aromatic carbocycles. The molecular formula is C18H24N4O2S. The highest BCUT2D eigenvalue weighted by atomic mass is 32.1. The van der Waals surface area contributed by atoms with Crippen molar-refractivity contribution in [1.29, 1.82) is 0 Å². The van der Waals surface area contributed by atoms with Crippen LogP contribution in [0.25, 0.3) is 0 Å². The van der Waals surface area contributed by atoms with Gasteiger partial charge in [-0.1, -0.05) is 0 Å². The minimum atomic E-state index is 0.355. The van der Waals surface area contributed by atoms with Gasteiger partial charge in [0.05, 0.1) is 30.6 Å². The van der Waals surface area contributed by atoms with E-state index in [0.717, 1.165) is 29.3 Å². The fourth-order valence-electron chi connectivity index (χ4n) is 2.87. The number of aromatic nitrogens is 1. The standard InChI is InChI=1S/C18H24N4O2S/c1-23-12-7-8-15(24-2)14(11-12)22-18(19)20-10-9-17-21-13-5-3-4-6-16(13)25-17/h7-8,11H,3-6,9-10H2,1-2H3,(H3,19,20,22). The largest absolute Gasteiger partial charge is 0.497 e. The number of nitrogens with one attached hydrogen (secondary N) is 1. The van der Waals surface area contributed by atoms with Crippen molar-refractivity contribution < 1.29 is 9.47 Å². The van der Waals surface area contributed by atoms with E-state index in [4.69, 9.17) is 20.2 Å². The molecular weight excluding hydrogens is 336 g/mol. The molecule has 0 radical (unpaired) electrons. The summed E-state index contributed by atoms with van der Waals surface area (Å²) in [5.41, 5.74) is 8.03. The Morgan fingerprint density at radius 2 is 2.12 bits per heavy atom. The Morgan fingerprint density at radius 1 is 1.28 bits per heavy atom. The Morgan fingerprint density at radius 3 is 2.88 bits per heavy atom. The third kappa shape index (κ3) is 4.42. The minimum Gasteiger partial charge on any atom is -0.497 e. The average Bonchev–Trinajstić information content (AvgIpc) is 3.04. The van der Waals surface area contributed by atoms with Crippen LogP contribution in [0.4, 0.5) is 5.69 Å². The molecule has 1 aromatic heterocycles. The smallest absolute Gasteiger partial charge is 0.193 e. The first kappa shape index (κ1) is 17.5. The SMILES string of the molecule is COc1ccc(OC)c(NC(N)=NCCc2nc3c(s2)CCCC3)c1. The fourth-order valence-corrected chi connectivity index (χ4v) is 4.02. The van der Waals surface area contributed by atoms with Crippen LogP contribution in [0, 0.1) is 0 Å². The summed E-state index contributed by atoms with van der Waals surface area (Å²) >= 11 is 1.82. The Labute approximate surface area is 152 Å². The van der Waals surface area contributed by atoms with Crippen molar-refractivity contribution in [2.45, 2.75) is 32.1 Å². The molecule has 7 heteroatoms. The van der Waals surface area contributed by atoms with Gasteiger partial charge < -0.3 is 20.5 Å². The minimum absolute atomic E-state index is 0.355. The van der Waals surface area contributed by atoms with Crippen LogP contribution >= 0.6 is 11.3 Å². The lowest BCUT2D eigenvalue weighted by atomic mass is 10.0. The summed E-state index contributed by atoms with van der Waals surface area (Å²) < 4.78 is 10.6. The topological polar surface area (TPSA) is 81.8 Å². The Balaban J connectivity index is 1.59. The molecule has 6 nitrogen and oxygen atoms in total. The molecule has 2 aromatic rings. The second-order valence-electron chi connectivity index (χ2n) is 5.89. The zero-order chi connectivity index (χ0) is 17.6. The van der Waals surface area contributed by atoms with Gasteiger partial charge in [-0.15, -0.1) is 11.3 Å². The summed E-state index contributed by atoms with van der Waals surface area (Å²) in [7, 11) is 3.24. The molecule has 0 unspecified atom stereocenters. The zero-order valence-electron chi connectivity index (χ0n) is 14.7. The molecule has 0 amide bonds. The normalized spacial score (nSPS) is 14.1. The van der Waals surface area contributed by atoms with Gasteiger partial charge in [-0.25, -0.2) is 4.98 Å². The van der Waals surface area contributed by atoms with Gasteiger partial charge in [0.2, 0.25) is 0 Å². The van der Waals surface area contributed by atoms with Crippen LogP contribution in [0.3, 0.4) is 0 Å². The van der Waals surface area contributed by atoms with E-state index in [1.54, 1.807) is 14.2 Å². The van der Waals surface area contributed by atoms with Crippen LogP contribution < -0.4 is 20.5 Å². The number of benzene rings is 1. The van der Waals surface area contributed by atoms with Crippen molar-refractivity contribution in [3.63, 3.8) is 0 Å². The lowest BCUT2D eigenvalue weighted by Crippen LogP contribution is -2.23. The number of hydrogen-bond donors (Lipinski definition) is 2. The van der Waals surface area contributed by atoms with Crippen molar-refractivity contribution in [3.8, 4) is 11.5 Å². The maximum absolute atomic E-state index is 6.01. The van der Waals surface area contributed by atoms with E-state index < -0.39 is 0 Å². The van der Waals surface area contributed by atoms with Crippen LogP contribution in [0.2, 0.25) is 0 Å². The van der Waals surface area contributed by atoms with Crippen LogP contribution in [0.5, 0.6) is 11.5 Å². The first-order valence-electron chi connectivity index (χ1n) is 8.46. The second-order valence-corrected chi connectivity index (χ2v) is 7.06. The lowest BCUT2D eigenvalue weighted by Gasteiger charge is -2.12. The number of thiazole rings is 1. The first-order chi connectivity index (χ1) is 12.2. The van der Waals surface area contributed by atoms with Crippen LogP contribution in [-0.4, -0.2) is 31.7 Å². The number of rotatable bonds is 6. The van der Waals surface area contributed by atoms with Crippen molar-refractivity contribution in [2.24, 2.45) is 10.7 Å². The van der Waals surface area contributed by atoms with Crippen LogP contribution in [0.1, 0.15) is 28.4 Å². The number of nitrogens with two attached hydrogens (primary N) is 1. The number of nitrogens with zero attached hydrogens (tertiary/aromatic N) is 2. The highest BCUT2D eigenvalue weighted by Crippen LogP contribution is 2.29. The maximum Gasteiger partial charge on any atom is 0.193 e. The quantitative estimate of drug-likeness (QED) is 0.611. The van der Waals surface area contributed by atoms with Crippen molar-refractivity contribution in [2.75, 3.05) is 26.1 Å². The molecule has 0 saturated carbocycles. The summed E-state index contributed by atoms with van der Waals surface area (Å²) in [4.78, 5) is 10.6. The molecule has 0 atom stereocenters. The van der Waals surface area contributed by atoms with E-state index in [-0.39, 0.29) is 0 Å². The molecule has 1 aliphatic carbocycles. The lowest BCUT2D eigenvalue weighted by molar-refractivity contribution is 0.405. The van der Waals surface area contributed by atoms with E-state index in [1.165, 1.54) is 29.8 Å². The summed E-state index contributed by atoms with van der Waals surface area (Å²) in [6.07, 6.45) is 5.65. The molecule has 0 fully saturated rings. The summed E-state index contributed by atoms with van der Waals surface area (Å²) in [6.45, 7) is 0.609. The molecule has 3 N–H and O–H groups in total. The number of hydrogen-bond acceptors (Lipinski definition) is 5. The molecule has 134 valence electrons. The molecule has 25 heavy (non-hydrogen) atoms. The maximum atomic E-state index is 6.01. The van der Waals surface area contributed by atoms with Gasteiger partial charge in [0.15, 0.2) is 5.96 Å². The number of anilines is 1. The number of ether oxygens (including phenoxy) is 2. The van der Waals surface area contributed by atoms with Crippen LogP contribution in [-0.2, 0) is 19.3 Å². The second kappa shape index (κ2) is 8.20. The van der Waals surface area contributed by atoms with E-state index in [1.807, 2.05) is 29.5 Å². The first-order valence-corrected chi connectivity index (χ1v) is 9.27. The predicted molar refractivity (Wildman–Crippen MR) is 102 cm³/mol. The van der Waals surface area contributed by atoms with E-state index >= 15 is 0 Å². The van der Waals surface area contributed by atoms with Gasteiger partial charge in [0, 0.05) is 23.9 Å². The van der Waals surface area contributed by atoms with Crippen LogP contribution in [0.15, 0.2) is 23.2 Å².